The van der Waals surface area contributed by atoms with Gasteiger partial charge in [0.25, 0.3) is 0 Å². The van der Waals surface area contributed by atoms with E-state index < -0.39 is 125 Å². The molecule has 0 aliphatic carbocycles. The van der Waals surface area contributed by atoms with Crippen LogP contribution in [-0.4, -0.2) is 263 Å². The second kappa shape index (κ2) is 33.2. The van der Waals surface area contributed by atoms with Crippen molar-refractivity contribution >= 4 is 59.4 Å². The minimum absolute atomic E-state index is 0.0572. The summed E-state index contributed by atoms with van der Waals surface area (Å²) in [6.07, 6.45) is 0. The number of rotatable bonds is 12. The second-order valence-corrected chi connectivity index (χ2v) is 14.1. The van der Waals surface area contributed by atoms with Crippen LogP contribution in [-0.2, 0) is 47.9 Å². The highest BCUT2D eigenvalue weighted by molar-refractivity contribution is 5.81. The average molecular weight is 931 g/mol. The molecule has 0 fully saturated rings. The first-order chi connectivity index (χ1) is 31.3. The highest BCUT2D eigenvalue weighted by atomic mass is 16.4. The molecule has 1 aliphatic heterocycles. The van der Waals surface area contributed by atoms with Crippen LogP contribution in [0.5, 0.6) is 0 Å². The van der Waals surface area contributed by atoms with E-state index in [1.807, 2.05) is 0 Å². The molecule has 0 radical (unpaired) electrons. The average Bonchev–Trinajstić information content (AvgIpc) is 3.19. The van der Waals surface area contributed by atoms with Crippen molar-refractivity contribution in [3.8, 4) is 47.4 Å². The van der Waals surface area contributed by atoms with Crippen molar-refractivity contribution in [1.29, 1.82) is 0 Å². The van der Waals surface area contributed by atoms with Crippen LogP contribution in [0.4, 0.5) is 0 Å². The Morgan fingerprint density at radius 3 is 0.682 bits per heavy atom. The molecule has 0 atom stereocenters. The third-order valence-electron chi connectivity index (χ3n) is 8.53. The zero-order valence-electron chi connectivity index (χ0n) is 36.0. The lowest BCUT2D eigenvalue weighted by atomic mass is 10.3. The van der Waals surface area contributed by atoms with Crippen LogP contribution in [0.1, 0.15) is 0 Å². The summed E-state index contributed by atoms with van der Waals surface area (Å²) in [6, 6.07) is 0. The fourth-order valence-electron chi connectivity index (χ4n) is 5.64. The summed E-state index contributed by atoms with van der Waals surface area (Å²) in [5.74, 6) is 10.0. The largest absolute Gasteiger partial charge is 0.480 e. The topological polar surface area (TPSA) is 360 Å². The maximum absolute atomic E-state index is 12.6. The molecule has 1 rings (SSSR count). The van der Waals surface area contributed by atoms with Crippen molar-refractivity contribution in [3.63, 3.8) is 0 Å². The van der Waals surface area contributed by atoms with Crippen LogP contribution in [0.2, 0.25) is 0 Å². The van der Waals surface area contributed by atoms with Gasteiger partial charge in [0.1, 0.15) is 0 Å². The fourth-order valence-corrected chi connectivity index (χ4v) is 5.64. The van der Waals surface area contributed by atoms with Crippen LogP contribution < -0.4 is 21.3 Å². The molecule has 0 aromatic carbocycles. The number of aliphatic carboxylic acids is 6. The Balaban J connectivity index is 3.26. The number of carbonyl (C=O) groups excluding carboxylic acids is 4. The summed E-state index contributed by atoms with van der Waals surface area (Å²) in [6.45, 7) is -6.42. The molecular weight excluding hydrogens is 876 g/mol. The third-order valence-corrected chi connectivity index (χ3v) is 8.53. The van der Waals surface area contributed by atoms with Gasteiger partial charge in [-0.3, -0.25) is 77.3 Å². The van der Waals surface area contributed by atoms with E-state index in [1.165, 1.54) is 29.4 Å². The highest BCUT2D eigenvalue weighted by Gasteiger charge is 2.22. The van der Waals surface area contributed by atoms with Gasteiger partial charge in [-0.05, 0) is 23.7 Å². The van der Waals surface area contributed by atoms with E-state index in [9.17, 15) is 78.6 Å². The Morgan fingerprint density at radius 2 is 0.500 bits per heavy atom. The molecule has 1 heterocycles. The van der Waals surface area contributed by atoms with Crippen LogP contribution in [0.15, 0.2) is 0 Å². The SMILES string of the molecule is O=C(O)CN1CCN(CC(=O)O)CC(=O)NCC#CC#CCNC(=O)CN(CC(=O)O)CCN(CC(=O)O)CCN(CC(=O)O)CC(=O)NCC#CC#CCNC(=O)CN(CC(=O)O)CC1. The van der Waals surface area contributed by atoms with Crippen LogP contribution in [0.25, 0.3) is 0 Å². The van der Waals surface area contributed by atoms with Gasteiger partial charge in [0.2, 0.25) is 23.6 Å². The number of nitrogens with zero attached hydrogens (tertiary/aromatic N) is 6. The lowest BCUT2D eigenvalue weighted by Crippen LogP contribution is -2.47. The third kappa shape index (κ3) is 31.5. The summed E-state index contributed by atoms with van der Waals surface area (Å²) in [5, 5.41) is 66.5. The Hall–Kier alpha value is -7.30. The van der Waals surface area contributed by atoms with Gasteiger partial charge in [0.15, 0.2) is 0 Å². The molecule has 66 heavy (non-hydrogen) atoms. The van der Waals surface area contributed by atoms with E-state index in [4.69, 9.17) is 0 Å². The van der Waals surface area contributed by atoms with Gasteiger partial charge in [0.05, 0.1) is 91.6 Å². The summed E-state index contributed by atoms with van der Waals surface area (Å²) in [7, 11) is 0. The van der Waals surface area contributed by atoms with E-state index in [1.54, 1.807) is 0 Å². The molecule has 1 aliphatic rings. The van der Waals surface area contributed by atoms with Crippen LogP contribution >= 0.6 is 0 Å². The Bertz CT molecular complexity index is 1720. The predicted octanol–water partition coefficient (Wildman–Crippen LogP) is -7.20. The normalized spacial score (nSPS) is 18.1. The molecule has 0 unspecified atom stereocenters. The van der Waals surface area contributed by atoms with E-state index in [0.29, 0.717) is 0 Å². The smallest absolute Gasteiger partial charge is 0.317 e. The number of carbonyl (C=O) groups is 10. The van der Waals surface area contributed by atoms with Gasteiger partial charge in [-0.15, -0.1) is 0 Å². The molecule has 26 heteroatoms. The maximum Gasteiger partial charge on any atom is 0.317 e. The van der Waals surface area contributed by atoms with E-state index in [-0.39, 0.29) is 78.5 Å². The first-order valence-electron chi connectivity index (χ1n) is 19.9. The standard InChI is InChI=1S/C40H54N10O16/c51-31-21-47(27-37(59)60)17-13-45(25-35(55)56)15-19-49(29-39(63)64)23-33(53)43-11-7-3-4-8-12-44-34(54)24-50(30-40(65)66)20-16-46(26-36(57)58)14-18-48(28-38(61)62)22-32(52)42-10-6-2-1-5-9-41-31/h9-30H2,(H,41,51)(H,42,52)(H,43,53)(H,44,54)(H,55,56)(H,57,58)(H,59,60)(H,61,62)(H,63,64)(H,65,66). The van der Waals surface area contributed by atoms with Crippen molar-refractivity contribution in [3.05, 3.63) is 0 Å². The number of nitrogens with one attached hydrogen (secondary N) is 4. The molecule has 0 aromatic rings. The van der Waals surface area contributed by atoms with Gasteiger partial charge in [0, 0.05) is 52.4 Å². The summed E-state index contributed by atoms with van der Waals surface area (Å²) < 4.78 is 0. The van der Waals surface area contributed by atoms with E-state index in [0.717, 1.165) is 0 Å². The van der Waals surface area contributed by atoms with E-state index >= 15 is 0 Å². The number of carboxylic acids is 6. The van der Waals surface area contributed by atoms with Crippen LogP contribution in [0, 0.1) is 47.4 Å². The van der Waals surface area contributed by atoms with Crippen LogP contribution in [0.3, 0.4) is 0 Å². The quantitative estimate of drug-likeness (QED) is 0.0813. The Morgan fingerprint density at radius 1 is 0.333 bits per heavy atom. The minimum atomic E-state index is -1.27. The maximum atomic E-state index is 12.6. The molecule has 0 bridgehead atoms. The molecule has 0 saturated heterocycles. The number of hydrogen-bond acceptors (Lipinski definition) is 16. The minimum Gasteiger partial charge on any atom is -0.480 e. The van der Waals surface area contributed by atoms with Gasteiger partial charge < -0.3 is 51.9 Å². The fraction of sp³-hybridized carbons (Fsp3) is 0.550. The molecule has 10 N–H and O–H groups in total. The lowest BCUT2D eigenvalue weighted by Gasteiger charge is -2.27. The molecule has 0 aromatic heterocycles. The highest BCUT2D eigenvalue weighted by Crippen LogP contribution is 1.99. The van der Waals surface area contributed by atoms with Crippen molar-refractivity contribution < 1.29 is 78.6 Å². The van der Waals surface area contributed by atoms with Gasteiger partial charge in [-0.1, -0.05) is 23.7 Å². The van der Waals surface area contributed by atoms with Crippen molar-refractivity contribution in [2.45, 2.75) is 0 Å². The lowest BCUT2D eigenvalue weighted by molar-refractivity contribution is -0.141. The second-order valence-electron chi connectivity index (χ2n) is 14.1. The van der Waals surface area contributed by atoms with Gasteiger partial charge in [-0.2, -0.15) is 0 Å². The number of amides is 4. The predicted molar refractivity (Wildman–Crippen MR) is 228 cm³/mol. The number of hydrogen-bond donors (Lipinski definition) is 10. The summed E-state index contributed by atoms with van der Waals surface area (Å²) in [5.41, 5.74) is 0. The monoisotopic (exact) mass is 930 g/mol. The van der Waals surface area contributed by atoms with Gasteiger partial charge in [-0.25, -0.2) is 0 Å². The van der Waals surface area contributed by atoms with Gasteiger partial charge >= 0.3 is 35.8 Å². The molecule has 4 amide bonds. The molecule has 360 valence electrons. The molecule has 0 spiro atoms. The summed E-state index contributed by atoms with van der Waals surface area (Å²) >= 11 is 0. The zero-order valence-corrected chi connectivity index (χ0v) is 36.0. The molecule has 0 saturated carbocycles. The first kappa shape index (κ1) is 56.7. The van der Waals surface area contributed by atoms with Crippen molar-refractivity contribution in [2.24, 2.45) is 0 Å². The zero-order chi connectivity index (χ0) is 49.3. The van der Waals surface area contributed by atoms with Crippen molar-refractivity contribution in [2.75, 3.05) is 144 Å². The van der Waals surface area contributed by atoms with Crippen molar-refractivity contribution in [1.82, 2.24) is 50.7 Å². The molecular formula is C40H54N10O16. The summed E-state index contributed by atoms with van der Waals surface area (Å²) in [4.78, 5) is 128. The Kier molecular flexibility index (Phi) is 28.6. The van der Waals surface area contributed by atoms with E-state index in [2.05, 4.69) is 68.6 Å². The first-order valence-corrected chi connectivity index (χ1v) is 19.9. The Labute approximate surface area is 379 Å². The number of carboxylic acid groups (broad SMARTS) is 6. The molecule has 26 nitrogen and oxygen atoms in total.